The van der Waals surface area contributed by atoms with Crippen molar-refractivity contribution >= 4 is 11.8 Å². The van der Waals surface area contributed by atoms with Crippen molar-refractivity contribution in [1.29, 1.82) is 0 Å². The van der Waals surface area contributed by atoms with Crippen molar-refractivity contribution in [2.45, 2.75) is 31.9 Å². The zero-order valence-corrected chi connectivity index (χ0v) is 9.35. The van der Waals surface area contributed by atoms with Crippen LogP contribution < -0.4 is 5.73 Å². The Hall–Kier alpha value is -0.550. The summed E-state index contributed by atoms with van der Waals surface area (Å²) >= 11 is 1.83. The van der Waals surface area contributed by atoms with E-state index in [-0.39, 0.29) is 0 Å². The molecule has 1 heterocycles. The smallest absolute Gasteiger partial charge is 0.226 e. The van der Waals surface area contributed by atoms with Crippen LogP contribution in [0.5, 0.6) is 0 Å². The van der Waals surface area contributed by atoms with E-state index in [1.54, 1.807) is 0 Å². The summed E-state index contributed by atoms with van der Waals surface area (Å²) in [5.41, 5.74) is 5.39. The molecule has 0 saturated heterocycles. The maximum absolute atomic E-state index is 5.39. The molecule has 0 spiro atoms. The van der Waals surface area contributed by atoms with Gasteiger partial charge in [-0.15, -0.1) is 0 Å². The van der Waals surface area contributed by atoms with E-state index in [2.05, 4.69) is 17.1 Å². The molecule has 0 amide bonds. The molecule has 0 bridgehead atoms. The Morgan fingerprint density at radius 2 is 2.36 bits per heavy atom. The Labute approximate surface area is 88.6 Å². The van der Waals surface area contributed by atoms with Crippen LogP contribution in [0.3, 0.4) is 0 Å². The fourth-order valence-electron chi connectivity index (χ4n) is 1.01. The Morgan fingerprint density at radius 1 is 1.50 bits per heavy atom. The van der Waals surface area contributed by atoms with E-state index in [1.807, 2.05) is 11.8 Å². The lowest BCUT2D eigenvalue weighted by atomic mass is 10.3. The van der Waals surface area contributed by atoms with Gasteiger partial charge in [-0.05, 0) is 25.1 Å². The van der Waals surface area contributed by atoms with E-state index in [9.17, 15) is 0 Å². The number of nitrogens with two attached hydrogens (primary N) is 1. The largest absolute Gasteiger partial charge is 0.339 e. The molecule has 14 heavy (non-hydrogen) atoms. The number of aryl methyl sites for hydroxylation is 1. The molecule has 5 heteroatoms. The van der Waals surface area contributed by atoms with Crippen LogP contribution in [0.4, 0.5) is 0 Å². The van der Waals surface area contributed by atoms with Crippen molar-refractivity contribution < 1.29 is 4.52 Å². The van der Waals surface area contributed by atoms with Crippen LogP contribution in [0.2, 0.25) is 0 Å². The summed E-state index contributed by atoms with van der Waals surface area (Å²) in [7, 11) is 0. The molecule has 0 radical (unpaired) electrons. The lowest BCUT2D eigenvalue weighted by Gasteiger charge is -1.92. The minimum atomic E-state index is 0.669. The highest BCUT2D eigenvalue weighted by Gasteiger charge is 2.04. The van der Waals surface area contributed by atoms with Crippen molar-refractivity contribution in [3.8, 4) is 0 Å². The van der Waals surface area contributed by atoms with Crippen molar-refractivity contribution in [3.63, 3.8) is 0 Å². The summed E-state index contributed by atoms with van der Waals surface area (Å²) in [5.74, 6) is 3.50. The first-order valence-corrected chi connectivity index (χ1v) is 6.11. The van der Waals surface area contributed by atoms with Gasteiger partial charge in [0.15, 0.2) is 5.82 Å². The zero-order chi connectivity index (χ0) is 10.2. The molecular weight excluding hydrogens is 198 g/mol. The van der Waals surface area contributed by atoms with Crippen LogP contribution in [0.25, 0.3) is 0 Å². The van der Waals surface area contributed by atoms with Gasteiger partial charge in [-0.3, -0.25) is 0 Å². The standard InChI is InChI=1S/C9H17N3OS/c1-2-6-14-7-8-11-9(13-12-8)4-3-5-10/h2-7,10H2,1H3. The van der Waals surface area contributed by atoms with Gasteiger partial charge in [0.2, 0.25) is 5.89 Å². The van der Waals surface area contributed by atoms with Gasteiger partial charge in [0.25, 0.3) is 0 Å². The molecule has 1 aromatic heterocycles. The van der Waals surface area contributed by atoms with E-state index in [1.165, 1.54) is 6.42 Å². The molecule has 0 atom stereocenters. The molecule has 80 valence electrons. The first-order chi connectivity index (χ1) is 6.86. The zero-order valence-electron chi connectivity index (χ0n) is 8.53. The summed E-state index contributed by atoms with van der Waals surface area (Å²) in [6, 6.07) is 0. The molecular formula is C9H17N3OS. The summed E-state index contributed by atoms with van der Waals surface area (Å²) < 4.78 is 5.07. The average Bonchev–Trinajstić information content (AvgIpc) is 2.63. The van der Waals surface area contributed by atoms with Gasteiger partial charge in [-0.1, -0.05) is 12.1 Å². The molecule has 0 unspecified atom stereocenters. The SMILES string of the molecule is CCCSCc1noc(CCCN)n1. The van der Waals surface area contributed by atoms with Crippen LogP contribution in [-0.2, 0) is 12.2 Å². The van der Waals surface area contributed by atoms with E-state index in [0.29, 0.717) is 12.4 Å². The minimum absolute atomic E-state index is 0.669. The monoisotopic (exact) mass is 215 g/mol. The molecule has 0 saturated carbocycles. The minimum Gasteiger partial charge on any atom is -0.339 e. The highest BCUT2D eigenvalue weighted by molar-refractivity contribution is 7.98. The summed E-state index contributed by atoms with van der Waals surface area (Å²) in [6.07, 6.45) is 2.88. The lowest BCUT2D eigenvalue weighted by molar-refractivity contribution is 0.372. The van der Waals surface area contributed by atoms with E-state index >= 15 is 0 Å². The van der Waals surface area contributed by atoms with Crippen molar-refractivity contribution in [3.05, 3.63) is 11.7 Å². The van der Waals surface area contributed by atoms with E-state index < -0.39 is 0 Å². The number of nitrogens with zero attached hydrogens (tertiary/aromatic N) is 2. The quantitative estimate of drug-likeness (QED) is 0.700. The third-order valence-corrected chi connectivity index (χ3v) is 2.84. The second-order valence-corrected chi connectivity index (χ2v) is 4.15. The van der Waals surface area contributed by atoms with Gasteiger partial charge in [-0.25, -0.2) is 0 Å². The fraction of sp³-hybridized carbons (Fsp3) is 0.778. The maximum Gasteiger partial charge on any atom is 0.226 e. The predicted molar refractivity (Wildman–Crippen MR) is 58.1 cm³/mol. The molecule has 0 fully saturated rings. The van der Waals surface area contributed by atoms with Crippen LogP contribution in [-0.4, -0.2) is 22.4 Å². The van der Waals surface area contributed by atoms with Crippen molar-refractivity contribution in [2.24, 2.45) is 5.73 Å². The third-order valence-electron chi connectivity index (χ3n) is 1.68. The number of hydrogen-bond acceptors (Lipinski definition) is 5. The van der Waals surface area contributed by atoms with Gasteiger partial charge >= 0.3 is 0 Å². The Kier molecular flexibility index (Phi) is 5.63. The van der Waals surface area contributed by atoms with E-state index in [0.717, 1.165) is 30.2 Å². The average molecular weight is 215 g/mol. The van der Waals surface area contributed by atoms with Crippen LogP contribution >= 0.6 is 11.8 Å². The van der Waals surface area contributed by atoms with Gasteiger partial charge in [0.1, 0.15) is 0 Å². The third kappa shape index (κ3) is 4.11. The van der Waals surface area contributed by atoms with Crippen molar-refractivity contribution in [2.75, 3.05) is 12.3 Å². The number of thioether (sulfide) groups is 1. The Morgan fingerprint density at radius 3 is 3.07 bits per heavy atom. The summed E-state index contributed by atoms with van der Waals surface area (Å²) in [6.45, 7) is 2.83. The highest BCUT2D eigenvalue weighted by Crippen LogP contribution is 2.10. The molecule has 1 rings (SSSR count). The molecule has 2 N–H and O–H groups in total. The van der Waals surface area contributed by atoms with Gasteiger partial charge < -0.3 is 10.3 Å². The Balaban J connectivity index is 2.27. The van der Waals surface area contributed by atoms with E-state index in [4.69, 9.17) is 10.3 Å². The Bertz CT molecular complexity index is 252. The number of hydrogen-bond donors (Lipinski definition) is 1. The first-order valence-electron chi connectivity index (χ1n) is 4.96. The normalized spacial score (nSPS) is 10.7. The lowest BCUT2D eigenvalue weighted by Crippen LogP contribution is -2.00. The van der Waals surface area contributed by atoms with Crippen LogP contribution in [0.1, 0.15) is 31.5 Å². The summed E-state index contributed by atoms with van der Waals surface area (Å²) in [5, 5.41) is 3.89. The van der Waals surface area contributed by atoms with Gasteiger partial charge in [-0.2, -0.15) is 16.7 Å². The molecule has 4 nitrogen and oxygen atoms in total. The topological polar surface area (TPSA) is 64.9 Å². The molecule has 0 aromatic carbocycles. The first kappa shape index (κ1) is 11.5. The van der Waals surface area contributed by atoms with Crippen molar-refractivity contribution in [1.82, 2.24) is 10.1 Å². The second kappa shape index (κ2) is 6.84. The highest BCUT2D eigenvalue weighted by atomic mass is 32.2. The number of aromatic nitrogens is 2. The van der Waals surface area contributed by atoms with Gasteiger partial charge in [0, 0.05) is 6.42 Å². The maximum atomic E-state index is 5.39. The molecule has 0 aliphatic carbocycles. The predicted octanol–water partition coefficient (Wildman–Crippen LogP) is 1.60. The number of rotatable bonds is 7. The molecule has 0 aliphatic heterocycles. The molecule has 1 aromatic rings. The fourth-order valence-corrected chi connectivity index (χ4v) is 1.74. The summed E-state index contributed by atoms with van der Waals surface area (Å²) in [4.78, 5) is 4.27. The second-order valence-electron chi connectivity index (χ2n) is 3.05. The van der Waals surface area contributed by atoms with Gasteiger partial charge in [0.05, 0.1) is 5.75 Å². The molecule has 0 aliphatic rings. The van der Waals surface area contributed by atoms with Crippen LogP contribution in [0.15, 0.2) is 4.52 Å². The van der Waals surface area contributed by atoms with Crippen LogP contribution in [0, 0.1) is 0 Å².